The first kappa shape index (κ1) is 22.2. The van der Waals surface area contributed by atoms with E-state index in [0.29, 0.717) is 0 Å². The van der Waals surface area contributed by atoms with Gasteiger partial charge >= 0.3 is 0 Å². The smallest absolute Gasteiger partial charge is 0.0678 e. The highest BCUT2D eigenvalue weighted by Crippen LogP contribution is 2.62. The lowest BCUT2D eigenvalue weighted by molar-refractivity contribution is 0.662. The molecule has 5 aromatic carbocycles. The number of rotatable bonds is 6. The van der Waals surface area contributed by atoms with Crippen LogP contribution in [-0.4, -0.2) is 0 Å². The van der Waals surface area contributed by atoms with Crippen LogP contribution in [0.25, 0.3) is 33.0 Å². The van der Waals surface area contributed by atoms with E-state index in [0.717, 1.165) is 18.6 Å². The first-order valence-corrected chi connectivity index (χ1v) is 13.6. The van der Waals surface area contributed by atoms with Crippen LogP contribution in [0.15, 0.2) is 109 Å². The zero-order chi connectivity index (χ0) is 23.8. The fourth-order valence-corrected chi connectivity index (χ4v) is 7.71. The molecule has 0 N–H and O–H groups in total. The van der Waals surface area contributed by atoms with Crippen molar-refractivity contribution in [3.05, 3.63) is 131 Å². The second kappa shape index (κ2) is 9.06. The summed E-state index contributed by atoms with van der Waals surface area (Å²) in [4.78, 5) is 0. The first-order chi connectivity index (χ1) is 17.2. The van der Waals surface area contributed by atoms with E-state index >= 15 is 0 Å². The van der Waals surface area contributed by atoms with Crippen molar-refractivity contribution in [3.8, 4) is 22.3 Å². The molecule has 0 heterocycles. The minimum atomic E-state index is -0.0760. The maximum Gasteiger partial charge on any atom is 0.0678 e. The normalized spacial score (nSPS) is 16.3. The number of aryl methyl sites for hydroxylation is 1. The fourth-order valence-electron chi connectivity index (χ4n) is 6.07. The van der Waals surface area contributed by atoms with Crippen molar-refractivity contribution in [3.63, 3.8) is 0 Å². The standard InChI is InChI=1S/C34H30S/c1-3-22-34(35-23-25-14-6-4-7-15-25)30-21-13-12-20-29(30)32-31(26-16-8-5-9-17-26)24(2)27-18-10-11-19-28(27)33(32)34/h4-21H,3,22-23H2,1-2H3. The highest BCUT2D eigenvalue weighted by molar-refractivity contribution is 7.99. The highest BCUT2D eigenvalue weighted by Gasteiger charge is 2.45. The number of fused-ring (bicyclic) bond motifs is 5. The lowest BCUT2D eigenvalue weighted by Gasteiger charge is -2.33. The summed E-state index contributed by atoms with van der Waals surface area (Å²) in [5.74, 6) is 0.998. The van der Waals surface area contributed by atoms with E-state index in [4.69, 9.17) is 0 Å². The van der Waals surface area contributed by atoms with Gasteiger partial charge in [0.25, 0.3) is 0 Å². The van der Waals surface area contributed by atoms with Crippen LogP contribution in [0.5, 0.6) is 0 Å². The Labute approximate surface area is 213 Å². The lowest BCUT2D eigenvalue weighted by atomic mass is 9.83. The Hall–Kier alpha value is -3.29. The maximum atomic E-state index is 2.39. The number of hydrogen-bond acceptors (Lipinski definition) is 1. The van der Waals surface area contributed by atoms with Gasteiger partial charge in [-0.2, -0.15) is 0 Å². The summed E-state index contributed by atoms with van der Waals surface area (Å²) in [5.41, 5.74) is 11.3. The second-order valence-corrected chi connectivity index (χ2v) is 10.8. The van der Waals surface area contributed by atoms with Gasteiger partial charge in [0.15, 0.2) is 0 Å². The van der Waals surface area contributed by atoms with Crippen LogP contribution in [0, 0.1) is 6.92 Å². The van der Waals surface area contributed by atoms with Gasteiger partial charge in [-0.25, -0.2) is 0 Å². The molecule has 0 nitrogen and oxygen atoms in total. The van der Waals surface area contributed by atoms with E-state index in [1.54, 1.807) is 0 Å². The topological polar surface area (TPSA) is 0 Å². The summed E-state index contributed by atoms with van der Waals surface area (Å²) in [6.45, 7) is 4.64. The molecule has 35 heavy (non-hydrogen) atoms. The Bertz CT molecular complexity index is 1500. The van der Waals surface area contributed by atoms with E-state index in [-0.39, 0.29) is 4.75 Å². The minimum absolute atomic E-state index is 0.0760. The zero-order valence-corrected chi connectivity index (χ0v) is 21.2. The fraction of sp³-hybridized carbons (Fsp3) is 0.176. The van der Waals surface area contributed by atoms with Gasteiger partial charge in [0.05, 0.1) is 4.75 Å². The second-order valence-electron chi connectivity index (χ2n) is 9.56. The van der Waals surface area contributed by atoms with E-state index in [2.05, 4.69) is 135 Å². The van der Waals surface area contributed by atoms with Crippen molar-refractivity contribution in [2.24, 2.45) is 0 Å². The van der Waals surface area contributed by atoms with Crippen LogP contribution in [0.2, 0.25) is 0 Å². The molecule has 1 unspecified atom stereocenters. The Morgan fingerprint density at radius 3 is 2.03 bits per heavy atom. The molecule has 0 fully saturated rings. The summed E-state index contributed by atoms with van der Waals surface area (Å²) in [7, 11) is 0. The molecule has 0 aliphatic heterocycles. The third-order valence-electron chi connectivity index (χ3n) is 7.50. The van der Waals surface area contributed by atoms with E-state index in [1.165, 1.54) is 55.3 Å². The van der Waals surface area contributed by atoms with Gasteiger partial charge in [-0.05, 0) is 68.6 Å². The van der Waals surface area contributed by atoms with Crippen LogP contribution in [-0.2, 0) is 10.5 Å². The molecule has 0 aromatic heterocycles. The molecule has 0 saturated carbocycles. The van der Waals surface area contributed by atoms with Crippen molar-refractivity contribution in [1.82, 2.24) is 0 Å². The summed E-state index contributed by atoms with van der Waals surface area (Å²) < 4.78 is -0.0760. The van der Waals surface area contributed by atoms with Crippen molar-refractivity contribution in [1.29, 1.82) is 0 Å². The Morgan fingerprint density at radius 2 is 1.29 bits per heavy atom. The van der Waals surface area contributed by atoms with Crippen molar-refractivity contribution in [2.45, 2.75) is 37.2 Å². The number of hydrogen-bond donors (Lipinski definition) is 0. The summed E-state index contributed by atoms with van der Waals surface area (Å²) >= 11 is 2.12. The Balaban J connectivity index is 1.71. The largest absolute Gasteiger partial charge is 0.141 e. The SMILES string of the molecule is CCCC1(SCc2ccccc2)c2ccccc2-c2c(-c3ccccc3)c(C)c3ccccc3c21. The van der Waals surface area contributed by atoms with Gasteiger partial charge in [0.1, 0.15) is 0 Å². The molecule has 0 bridgehead atoms. The molecule has 5 aromatic rings. The lowest BCUT2D eigenvalue weighted by Crippen LogP contribution is -2.21. The van der Waals surface area contributed by atoms with Crippen LogP contribution < -0.4 is 0 Å². The monoisotopic (exact) mass is 470 g/mol. The van der Waals surface area contributed by atoms with Crippen molar-refractivity contribution >= 4 is 22.5 Å². The van der Waals surface area contributed by atoms with Gasteiger partial charge in [0, 0.05) is 5.75 Å². The van der Waals surface area contributed by atoms with Crippen molar-refractivity contribution in [2.75, 3.05) is 0 Å². The molecule has 0 amide bonds. The highest BCUT2D eigenvalue weighted by atomic mass is 32.2. The van der Waals surface area contributed by atoms with Gasteiger partial charge < -0.3 is 0 Å². The van der Waals surface area contributed by atoms with Crippen molar-refractivity contribution < 1.29 is 0 Å². The first-order valence-electron chi connectivity index (χ1n) is 12.6. The average molecular weight is 471 g/mol. The van der Waals surface area contributed by atoms with E-state index in [1.807, 2.05) is 0 Å². The van der Waals surface area contributed by atoms with Crippen LogP contribution in [0.1, 0.15) is 42.0 Å². The molecule has 1 heteroatoms. The molecule has 6 rings (SSSR count). The molecule has 0 radical (unpaired) electrons. The van der Waals surface area contributed by atoms with Crippen LogP contribution >= 0.6 is 11.8 Å². The predicted octanol–water partition coefficient (Wildman–Crippen LogP) is 9.77. The van der Waals surface area contributed by atoms with E-state index < -0.39 is 0 Å². The Kier molecular flexibility index (Phi) is 5.74. The quantitative estimate of drug-likeness (QED) is 0.238. The summed E-state index contributed by atoms with van der Waals surface area (Å²) in [6.07, 6.45) is 2.26. The third kappa shape index (κ3) is 3.53. The third-order valence-corrected chi connectivity index (χ3v) is 9.10. The Morgan fingerprint density at radius 1 is 0.657 bits per heavy atom. The molecule has 0 spiro atoms. The van der Waals surface area contributed by atoms with Gasteiger partial charge in [-0.15, -0.1) is 11.8 Å². The molecule has 1 aliphatic rings. The van der Waals surface area contributed by atoms with Crippen LogP contribution in [0.4, 0.5) is 0 Å². The molecule has 1 aliphatic carbocycles. The zero-order valence-electron chi connectivity index (χ0n) is 20.4. The maximum absolute atomic E-state index is 2.39. The summed E-state index contributed by atoms with van der Waals surface area (Å²) in [6, 6.07) is 40.2. The molecule has 0 saturated heterocycles. The molecular weight excluding hydrogens is 440 g/mol. The van der Waals surface area contributed by atoms with Gasteiger partial charge in [0.2, 0.25) is 0 Å². The molecular formula is C34H30S. The minimum Gasteiger partial charge on any atom is -0.141 e. The van der Waals surface area contributed by atoms with E-state index in [9.17, 15) is 0 Å². The average Bonchev–Trinajstić information content (AvgIpc) is 3.19. The molecule has 1 atom stereocenters. The predicted molar refractivity (Wildman–Crippen MR) is 153 cm³/mol. The van der Waals surface area contributed by atoms with Crippen LogP contribution in [0.3, 0.4) is 0 Å². The number of benzene rings is 5. The van der Waals surface area contributed by atoms with Gasteiger partial charge in [-0.1, -0.05) is 123 Å². The number of thioether (sulfide) groups is 1. The summed E-state index contributed by atoms with van der Waals surface area (Å²) in [5, 5.41) is 2.78. The molecule has 172 valence electrons. The van der Waals surface area contributed by atoms with Gasteiger partial charge in [-0.3, -0.25) is 0 Å².